The van der Waals surface area contributed by atoms with Crippen LogP contribution in [0.25, 0.3) is 16.6 Å². The van der Waals surface area contributed by atoms with Gasteiger partial charge in [-0.15, -0.1) is 0 Å². The van der Waals surface area contributed by atoms with E-state index >= 15 is 0 Å². The Morgan fingerprint density at radius 1 is 1.09 bits per heavy atom. The van der Waals surface area contributed by atoms with Crippen molar-refractivity contribution in [1.82, 2.24) is 24.1 Å². The van der Waals surface area contributed by atoms with Crippen LogP contribution >= 0.6 is 0 Å². The van der Waals surface area contributed by atoms with Crippen LogP contribution < -0.4 is 10.1 Å². The molecule has 5 aromatic rings. The maximum absolute atomic E-state index is 13.1. The first-order valence-corrected chi connectivity index (χ1v) is 10.5. The molecule has 0 aliphatic rings. The van der Waals surface area contributed by atoms with Gasteiger partial charge in [0.25, 0.3) is 5.91 Å². The largest absolute Gasteiger partial charge is 0.491 e. The highest BCUT2D eigenvalue weighted by Crippen LogP contribution is 2.25. The number of rotatable bonds is 8. The second-order valence-electron chi connectivity index (χ2n) is 7.43. The maximum Gasteiger partial charge on any atom is 0.274 e. The highest BCUT2D eigenvalue weighted by Gasteiger charge is 2.15. The first kappa shape index (κ1) is 20.7. The van der Waals surface area contributed by atoms with Gasteiger partial charge in [0, 0.05) is 37.2 Å². The number of hydrogen-bond acceptors (Lipinski definition) is 6. The predicted molar refractivity (Wildman–Crippen MR) is 124 cm³/mol. The lowest BCUT2D eigenvalue weighted by Crippen LogP contribution is -2.14. The Kier molecular flexibility index (Phi) is 5.69. The lowest BCUT2D eigenvalue weighted by Gasteiger charge is -2.09. The minimum absolute atomic E-state index is 0.259. The van der Waals surface area contributed by atoms with E-state index in [0.29, 0.717) is 42.5 Å². The Morgan fingerprint density at radius 3 is 2.82 bits per heavy atom. The fourth-order valence-corrected chi connectivity index (χ4v) is 3.65. The average Bonchev–Trinajstić information content (AvgIpc) is 3.45. The van der Waals surface area contributed by atoms with E-state index in [1.54, 1.807) is 54.6 Å². The van der Waals surface area contributed by atoms with Crippen molar-refractivity contribution in [3.63, 3.8) is 0 Å². The number of nitrogens with one attached hydrogen (secondary N) is 1. The summed E-state index contributed by atoms with van der Waals surface area (Å²) in [5.74, 6) is 0.411. The van der Waals surface area contributed by atoms with Crippen molar-refractivity contribution in [2.75, 3.05) is 25.6 Å². The van der Waals surface area contributed by atoms with E-state index in [-0.39, 0.29) is 5.91 Å². The minimum Gasteiger partial charge on any atom is -0.491 e. The second kappa shape index (κ2) is 9.09. The summed E-state index contributed by atoms with van der Waals surface area (Å²) in [4.78, 5) is 21.5. The third-order valence-electron chi connectivity index (χ3n) is 5.29. The van der Waals surface area contributed by atoms with Crippen LogP contribution in [0.3, 0.4) is 0 Å². The fourth-order valence-electron chi connectivity index (χ4n) is 3.65. The maximum atomic E-state index is 13.1. The van der Waals surface area contributed by atoms with Crippen LogP contribution in [0.4, 0.5) is 5.69 Å². The molecule has 0 fully saturated rings. The Labute approximate surface area is 189 Å². The molecule has 0 spiro atoms. The normalized spacial score (nSPS) is 11.2. The highest BCUT2D eigenvalue weighted by molar-refractivity contribution is 6.08. The van der Waals surface area contributed by atoms with Crippen molar-refractivity contribution in [3.8, 4) is 5.75 Å². The van der Waals surface area contributed by atoms with Gasteiger partial charge >= 0.3 is 0 Å². The van der Waals surface area contributed by atoms with Crippen molar-refractivity contribution in [1.29, 1.82) is 0 Å². The van der Waals surface area contributed by atoms with Gasteiger partial charge in [0.2, 0.25) is 0 Å². The van der Waals surface area contributed by atoms with Crippen molar-refractivity contribution in [2.45, 2.75) is 6.54 Å². The number of anilines is 1. The van der Waals surface area contributed by atoms with Gasteiger partial charge in [-0.2, -0.15) is 5.10 Å². The quantitative estimate of drug-likeness (QED) is 0.370. The van der Waals surface area contributed by atoms with Gasteiger partial charge in [0.1, 0.15) is 23.7 Å². The molecule has 1 amide bonds. The summed E-state index contributed by atoms with van der Waals surface area (Å²) in [6.07, 6.45) is 8.61. The molecule has 4 heterocycles. The lowest BCUT2D eigenvalue weighted by molar-refractivity contribution is 0.102. The van der Waals surface area contributed by atoms with Crippen LogP contribution in [-0.4, -0.2) is 50.4 Å². The molecule has 4 aromatic heterocycles. The number of carbonyl (C=O) groups is 1. The zero-order valence-corrected chi connectivity index (χ0v) is 18.0. The zero-order chi connectivity index (χ0) is 22.6. The number of ether oxygens (including phenoxy) is 2. The summed E-state index contributed by atoms with van der Waals surface area (Å²) in [5.41, 5.74) is 3.77. The minimum atomic E-state index is -0.259. The van der Waals surface area contributed by atoms with Gasteiger partial charge < -0.3 is 14.8 Å². The van der Waals surface area contributed by atoms with E-state index in [1.807, 2.05) is 35.0 Å². The number of hydrogen-bond donors (Lipinski definition) is 1. The summed E-state index contributed by atoms with van der Waals surface area (Å²) < 4.78 is 14.2. The molecule has 0 saturated carbocycles. The van der Waals surface area contributed by atoms with Gasteiger partial charge in [-0.05, 0) is 35.9 Å². The van der Waals surface area contributed by atoms with Gasteiger partial charge in [-0.3, -0.25) is 18.9 Å². The standard InChI is InChI=1S/C24H22N6O3/c1-32-11-12-33-18-7-10-29-22(15-26-23(29)13-18)24(31)28-20-3-2-4-21-19(20)14-27-30(21)16-17-5-8-25-9-6-17/h2-10,13-15H,11-12,16H2,1H3,(H,28,31). The molecule has 0 aliphatic carbocycles. The van der Waals surface area contributed by atoms with Crippen LogP contribution in [0.5, 0.6) is 5.75 Å². The molecule has 33 heavy (non-hydrogen) atoms. The molecule has 9 heteroatoms. The monoisotopic (exact) mass is 442 g/mol. The average molecular weight is 442 g/mol. The van der Waals surface area contributed by atoms with E-state index in [1.165, 1.54) is 0 Å². The summed E-state index contributed by atoms with van der Waals surface area (Å²) >= 11 is 0. The molecule has 0 radical (unpaired) electrons. The van der Waals surface area contributed by atoms with Crippen molar-refractivity contribution in [3.05, 3.63) is 84.7 Å². The molecule has 0 saturated heterocycles. The lowest BCUT2D eigenvalue weighted by atomic mass is 10.2. The Morgan fingerprint density at radius 2 is 1.97 bits per heavy atom. The molecule has 0 bridgehead atoms. The number of methoxy groups -OCH3 is 1. The third-order valence-corrected chi connectivity index (χ3v) is 5.29. The molecule has 166 valence electrons. The molecule has 0 unspecified atom stereocenters. The number of aromatic nitrogens is 5. The summed E-state index contributed by atoms with van der Waals surface area (Å²) in [6.45, 7) is 1.56. The van der Waals surface area contributed by atoms with E-state index in [9.17, 15) is 4.79 Å². The number of pyridine rings is 2. The molecule has 9 nitrogen and oxygen atoms in total. The van der Waals surface area contributed by atoms with Crippen LogP contribution in [0.1, 0.15) is 16.1 Å². The smallest absolute Gasteiger partial charge is 0.274 e. The van der Waals surface area contributed by atoms with Gasteiger partial charge in [0.15, 0.2) is 0 Å². The van der Waals surface area contributed by atoms with E-state index in [2.05, 4.69) is 20.4 Å². The number of benzene rings is 1. The Balaban J connectivity index is 1.37. The van der Waals surface area contributed by atoms with Crippen LogP contribution in [0.15, 0.2) is 73.4 Å². The molecule has 1 N–H and O–H groups in total. The number of fused-ring (bicyclic) bond motifs is 2. The molecule has 1 aromatic carbocycles. The summed E-state index contributed by atoms with van der Waals surface area (Å²) in [6, 6.07) is 13.3. The summed E-state index contributed by atoms with van der Waals surface area (Å²) in [7, 11) is 1.62. The van der Waals surface area contributed by atoms with Crippen molar-refractivity contribution >= 4 is 28.1 Å². The van der Waals surface area contributed by atoms with Crippen molar-refractivity contribution in [2.24, 2.45) is 0 Å². The molecular weight excluding hydrogens is 420 g/mol. The third kappa shape index (κ3) is 4.26. The van der Waals surface area contributed by atoms with Crippen molar-refractivity contribution < 1.29 is 14.3 Å². The fraction of sp³-hybridized carbons (Fsp3) is 0.167. The van der Waals surface area contributed by atoms with Gasteiger partial charge in [0.05, 0.1) is 36.7 Å². The number of imidazole rings is 1. The SMILES string of the molecule is COCCOc1ccn2c(C(=O)Nc3cccc4c3cnn4Cc3ccncc3)cnc2c1. The molecular formula is C24H22N6O3. The van der Waals surface area contributed by atoms with Gasteiger partial charge in [-0.25, -0.2) is 4.98 Å². The summed E-state index contributed by atoms with van der Waals surface area (Å²) in [5, 5.41) is 8.38. The zero-order valence-electron chi connectivity index (χ0n) is 18.0. The van der Waals surface area contributed by atoms with Crippen LogP contribution in [0, 0.1) is 0 Å². The van der Waals surface area contributed by atoms with E-state index in [0.717, 1.165) is 16.5 Å². The first-order chi connectivity index (χ1) is 16.2. The molecule has 0 aliphatic heterocycles. The van der Waals surface area contributed by atoms with Crippen LogP contribution in [-0.2, 0) is 11.3 Å². The first-order valence-electron chi connectivity index (χ1n) is 10.5. The van der Waals surface area contributed by atoms with E-state index in [4.69, 9.17) is 9.47 Å². The Hall–Kier alpha value is -4.24. The van der Waals surface area contributed by atoms with Gasteiger partial charge in [-0.1, -0.05) is 6.07 Å². The number of amides is 1. The molecule has 0 atom stereocenters. The molecule has 5 rings (SSSR count). The number of carbonyl (C=O) groups excluding carboxylic acids is 1. The highest BCUT2D eigenvalue weighted by atomic mass is 16.5. The van der Waals surface area contributed by atoms with Crippen LogP contribution in [0.2, 0.25) is 0 Å². The topological polar surface area (TPSA) is 95.6 Å². The van der Waals surface area contributed by atoms with E-state index < -0.39 is 0 Å². The second-order valence-corrected chi connectivity index (χ2v) is 7.43. The number of nitrogens with zero attached hydrogens (tertiary/aromatic N) is 5. The Bertz CT molecular complexity index is 1410. The predicted octanol–water partition coefficient (Wildman–Crippen LogP) is 3.40.